The van der Waals surface area contributed by atoms with Crippen LogP contribution in [0.5, 0.6) is 0 Å². The summed E-state index contributed by atoms with van der Waals surface area (Å²) in [6.45, 7) is 0.145. The molecule has 0 heterocycles. The lowest BCUT2D eigenvalue weighted by Gasteiger charge is -2.11. The zero-order chi connectivity index (χ0) is 13.5. The molecule has 1 atom stereocenters. The fraction of sp³-hybridized carbons (Fsp3) is 0.333. The summed E-state index contributed by atoms with van der Waals surface area (Å²) < 4.78 is 13.2. The van der Waals surface area contributed by atoms with Crippen molar-refractivity contribution in [3.63, 3.8) is 0 Å². The molecule has 0 aliphatic carbocycles. The van der Waals surface area contributed by atoms with E-state index in [2.05, 4.69) is 5.32 Å². The minimum absolute atomic E-state index is 0.0179. The van der Waals surface area contributed by atoms with Crippen molar-refractivity contribution in [1.82, 2.24) is 5.32 Å². The smallest absolute Gasteiger partial charge is 0.308 e. The Kier molecular flexibility index (Phi) is 5.26. The topological polar surface area (TPSA) is 86.6 Å². The van der Waals surface area contributed by atoms with Gasteiger partial charge in [0.25, 0.3) is 0 Å². The number of carbonyl (C=O) groups is 2. The second kappa shape index (κ2) is 6.70. The summed E-state index contributed by atoms with van der Waals surface area (Å²) in [5.74, 6) is -3.75. The fourth-order valence-electron chi connectivity index (χ4n) is 1.48. The van der Waals surface area contributed by atoms with E-state index in [0.717, 1.165) is 0 Å². The van der Waals surface area contributed by atoms with Crippen molar-refractivity contribution >= 4 is 11.9 Å². The summed E-state index contributed by atoms with van der Waals surface area (Å²) in [7, 11) is 0. The summed E-state index contributed by atoms with van der Waals surface area (Å²) in [5, 5.41) is 20.1. The molecule has 1 aromatic rings. The average Bonchev–Trinajstić information content (AvgIpc) is 2.29. The van der Waals surface area contributed by atoms with Gasteiger partial charge < -0.3 is 15.5 Å². The Morgan fingerprint density at radius 3 is 2.50 bits per heavy atom. The van der Waals surface area contributed by atoms with Crippen molar-refractivity contribution in [2.75, 3.05) is 6.54 Å². The number of rotatable bonds is 7. The number of aliphatic carboxylic acids is 2. The van der Waals surface area contributed by atoms with Crippen molar-refractivity contribution < 1.29 is 24.2 Å². The standard InChI is InChI=1S/C12H14FNO4/c13-10-4-2-1-3-8(10)6-14-7-9(12(17)18)5-11(15)16/h1-4,9,14H,5-7H2,(H,15,16)(H,17,18). The van der Waals surface area contributed by atoms with Gasteiger partial charge in [0.1, 0.15) is 5.82 Å². The predicted molar refractivity (Wildman–Crippen MR) is 61.5 cm³/mol. The molecular weight excluding hydrogens is 241 g/mol. The van der Waals surface area contributed by atoms with Gasteiger partial charge in [-0.2, -0.15) is 0 Å². The maximum Gasteiger partial charge on any atom is 0.308 e. The van der Waals surface area contributed by atoms with Crippen molar-refractivity contribution in [3.05, 3.63) is 35.6 Å². The van der Waals surface area contributed by atoms with E-state index < -0.39 is 24.3 Å². The van der Waals surface area contributed by atoms with Crippen molar-refractivity contribution in [2.24, 2.45) is 5.92 Å². The molecule has 0 radical (unpaired) electrons. The van der Waals surface area contributed by atoms with Crippen LogP contribution >= 0.6 is 0 Å². The third-order valence-corrected chi connectivity index (χ3v) is 2.43. The monoisotopic (exact) mass is 255 g/mol. The van der Waals surface area contributed by atoms with E-state index in [4.69, 9.17) is 10.2 Å². The van der Waals surface area contributed by atoms with E-state index >= 15 is 0 Å². The first-order valence-corrected chi connectivity index (χ1v) is 5.39. The Morgan fingerprint density at radius 2 is 1.94 bits per heavy atom. The van der Waals surface area contributed by atoms with Crippen molar-refractivity contribution in [2.45, 2.75) is 13.0 Å². The Hall–Kier alpha value is -1.95. The molecule has 0 amide bonds. The number of carboxylic acid groups (broad SMARTS) is 2. The van der Waals surface area contributed by atoms with E-state index in [1.54, 1.807) is 18.2 Å². The van der Waals surface area contributed by atoms with Crippen LogP contribution in [0.4, 0.5) is 4.39 Å². The highest BCUT2D eigenvalue weighted by Gasteiger charge is 2.20. The second-order valence-corrected chi connectivity index (χ2v) is 3.86. The molecule has 98 valence electrons. The van der Waals surface area contributed by atoms with Gasteiger partial charge in [0, 0.05) is 18.7 Å². The number of benzene rings is 1. The molecular formula is C12H14FNO4. The summed E-state index contributed by atoms with van der Waals surface area (Å²) in [5.41, 5.74) is 0.414. The zero-order valence-corrected chi connectivity index (χ0v) is 9.60. The van der Waals surface area contributed by atoms with Crippen LogP contribution in [0, 0.1) is 11.7 Å². The summed E-state index contributed by atoms with van der Waals surface area (Å²) in [6, 6.07) is 6.12. The molecule has 0 spiro atoms. The van der Waals surface area contributed by atoms with Gasteiger partial charge in [0.05, 0.1) is 12.3 Å². The highest BCUT2D eigenvalue weighted by Crippen LogP contribution is 2.07. The lowest BCUT2D eigenvalue weighted by atomic mass is 10.1. The highest BCUT2D eigenvalue weighted by atomic mass is 19.1. The predicted octanol–water partition coefficient (Wildman–Crippen LogP) is 1.09. The van der Waals surface area contributed by atoms with Crippen molar-refractivity contribution in [1.29, 1.82) is 0 Å². The molecule has 0 saturated carbocycles. The quantitative estimate of drug-likeness (QED) is 0.679. The lowest BCUT2D eigenvalue weighted by molar-refractivity contribution is -0.148. The van der Waals surface area contributed by atoms with E-state index in [0.29, 0.717) is 5.56 Å². The average molecular weight is 255 g/mol. The normalized spacial score (nSPS) is 12.1. The van der Waals surface area contributed by atoms with Gasteiger partial charge in [0.2, 0.25) is 0 Å². The van der Waals surface area contributed by atoms with Gasteiger partial charge in [-0.1, -0.05) is 18.2 Å². The largest absolute Gasteiger partial charge is 0.481 e. The Balaban J connectivity index is 2.46. The molecule has 1 unspecified atom stereocenters. The third-order valence-electron chi connectivity index (χ3n) is 2.43. The first kappa shape index (κ1) is 14.1. The minimum Gasteiger partial charge on any atom is -0.481 e. The maximum absolute atomic E-state index is 13.2. The molecule has 1 aromatic carbocycles. The fourth-order valence-corrected chi connectivity index (χ4v) is 1.48. The Labute approximate surface area is 103 Å². The van der Waals surface area contributed by atoms with Crippen LogP contribution in [0.2, 0.25) is 0 Å². The van der Waals surface area contributed by atoms with Crippen LogP contribution in [-0.4, -0.2) is 28.7 Å². The molecule has 0 aliphatic rings. The molecule has 3 N–H and O–H groups in total. The van der Waals surface area contributed by atoms with Gasteiger partial charge in [-0.3, -0.25) is 9.59 Å². The molecule has 0 aromatic heterocycles. The van der Waals surface area contributed by atoms with Gasteiger partial charge in [-0.25, -0.2) is 4.39 Å². The first-order chi connectivity index (χ1) is 8.50. The van der Waals surface area contributed by atoms with Gasteiger partial charge >= 0.3 is 11.9 Å². The Bertz CT molecular complexity index is 436. The molecule has 6 heteroatoms. The van der Waals surface area contributed by atoms with Crippen LogP contribution in [0.1, 0.15) is 12.0 Å². The van der Waals surface area contributed by atoms with Crippen LogP contribution < -0.4 is 5.32 Å². The molecule has 0 saturated heterocycles. The third kappa shape index (κ3) is 4.50. The summed E-state index contributed by atoms with van der Waals surface area (Å²) >= 11 is 0. The number of hydrogen-bond donors (Lipinski definition) is 3. The van der Waals surface area contributed by atoms with E-state index in [1.165, 1.54) is 6.07 Å². The van der Waals surface area contributed by atoms with Gasteiger partial charge in [-0.15, -0.1) is 0 Å². The molecule has 0 bridgehead atoms. The number of hydrogen-bond acceptors (Lipinski definition) is 3. The van der Waals surface area contributed by atoms with Crippen molar-refractivity contribution in [3.8, 4) is 0 Å². The van der Waals surface area contributed by atoms with Crippen LogP contribution in [-0.2, 0) is 16.1 Å². The minimum atomic E-state index is -1.18. The zero-order valence-electron chi connectivity index (χ0n) is 9.60. The number of halogens is 1. The summed E-state index contributed by atoms with van der Waals surface area (Å²) in [6.07, 6.45) is -0.459. The molecule has 0 fully saturated rings. The molecule has 0 aliphatic heterocycles. The second-order valence-electron chi connectivity index (χ2n) is 3.86. The molecule has 5 nitrogen and oxygen atoms in total. The molecule has 18 heavy (non-hydrogen) atoms. The van der Waals surface area contributed by atoms with Gasteiger partial charge in [-0.05, 0) is 6.07 Å². The van der Waals surface area contributed by atoms with E-state index in [9.17, 15) is 14.0 Å². The van der Waals surface area contributed by atoms with E-state index in [-0.39, 0.29) is 18.9 Å². The first-order valence-electron chi connectivity index (χ1n) is 5.39. The number of carboxylic acids is 2. The van der Waals surface area contributed by atoms with Crippen LogP contribution in [0.25, 0.3) is 0 Å². The maximum atomic E-state index is 13.2. The highest BCUT2D eigenvalue weighted by molar-refractivity contribution is 5.77. The van der Waals surface area contributed by atoms with Crippen LogP contribution in [0.15, 0.2) is 24.3 Å². The Morgan fingerprint density at radius 1 is 1.28 bits per heavy atom. The van der Waals surface area contributed by atoms with Crippen LogP contribution in [0.3, 0.4) is 0 Å². The molecule has 1 rings (SSSR count). The SMILES string of the molecule is O=C(O)CC(CNCc1ccccc1F)C(=O)O. The summed E-state index contributed by atoms with van der Waals surface area (Å²) in [4.78, 5) is 21.2. The number of nitrogens with one attached hydrogen (secondary N) is 1. The van der Waals surface area contributed by atoms with E-state index in [1.807, 2.05) is 0 Å². The lowest BCUT2D eigenvalue weighted by Crippen LogP contribution is -2.30. The van der Waals surface area contributed by atoms with Gasteiger partial charge in [0.15, 0.2) is 0 Å².